The van der Waals surface area contributed by atoms with Gasteiger partial charge < -0.3 is 10.4 Å². The van der Waals surface area contributed by atoms with E-state index in [1.807, 2.05) is 0 Å². The van der Waals surface area contributed by atoms with E-state index in [9.17, 15) is 18.3 Å². The maximum absolute atomic E-state index is 12.4. The number of hydrogen-bond donors (Lipinski definition) is 2. The standard InChI is InChI=1S/C12H9Cl2F3N2OS/c13-7-1-6(2-8(14)3-7)9(20)4-18-11-19-5-10(21-11)12(15,16)17/h1-3,5,9,20H,4H2,(H,18,19). The molecule has 0 aliphatic rings. The van der Waals surface area contributed by atoms with E-state index >= 15 is 0 Å². The first kappa shape index (κ1) is 16.4. The summed E-state index contributed by atoms with van der Waals surface area (Å²) in [4.78, 5) is 2.81. The second-order valence-corrected chi connectivity index (χ2v) is 6.03. The molecule has 21 heavy (non-hydrogen) atoms. The Morgan fingerprint density at radius 1 is 1.24 bits per heavy atom. The van der Waals surface area contributed by atoms with Crippen molar-refractivity contribution in [3.63, 3.8) is 0 Å². The first-order valence-electron chi connectivity index (χ1n) is 5.66. The van der Waals surface area contributed by atoms with Crippen LogP contribution in [0.5, 0.6) is 0 Å². The summed E-state index contributed by atoms with van der Waals surface area (Å²) in [5.74, 6) is 0. The third-order valence-corrected chi connectivity index (χ3v) is 3.94. The van der Waals surface area contributed by atoms with Crippen molar-refractivity contribution in [2.75, 3.05) is 11.9 Å². The monoisotopic (exact) mass is 356 g/mol. The van der Waals surface area contributed by atoms with Crippen LogP contribution in [-0.2, 0) is 6.18 Å². The number of benzene rings is 1. The van der Waals surface area contributed by atoms with Gasteiger partial charge in [0.15, 0.2) is 5.13 Å². The fraction of sp³-hybridized carbons (Fsp3) is 0.250. The van der Waals surface area contributed by atoms with Gasteiger partial charge in [-0.1, -0.05) is 34.5 Å². The van der Waals surface area contributed by atoms with Crippen LogP contribution >= 0.6 is 34.5 Å². The first-order chi connectivity index (χ1) is 9.75. The van der Waals surface area contributed by atoms with E-state index in [4.69, 9.17) is 23.2 Å². The number of thiazole rings is 1. The molecule has 1 atom stereocenters. The van der Waals surface area contributed by atoms with E-state index in [1.54, 1.807) is 0 Å². The number of anilines is 1. The Balaban J connectivity index is 2.00. The normalized spacial score (nSPS) is 13.2. The molecule has 0 aliphatic carbocycles. The molecule has 0 amide bonds. The van der Waals surface area contributed by atoms with Gasteiger partial charge in [0, 0.05) is 16.6 Å². The second-order valence-electron chi connectivity index (χ2n) is 4.13. The highest BCUT2D eigenvalue weighted by atomic mass is 35.5. The fourth-order valence-electron chi connectivity index (χ4n) is 1.56. The molecule has 0 fully saturated rings. The van der Waals surface area contributed by atoms with Crippen molar-refractivity contribution in [1.29, 1.82) is 0 Å². The van der Waals surface area contributed by atoms with Gasteiger partial charge in [-0.25, -0.2) is 4.98 Å². The molecule has 1 aromatic carbocycles. The number of halogens is 5. The first-order valence-corrected chi connectivity index (χ1v) is 7.24. The van der Waals surface area contributed by atoms with Crippen LogP contribution in [-0.4, -0.2) is 16.6 Å². The lowest BCUT2D eigenvalue weighted by Gasteiger charge is -2.12. The summed E-state index contributed by atoms with van der Waals surface area (Å²) in [7, 11) is 0. The number of aliphatic hydroxyl groups is 1. The van der Waals surface area contributed by atoms with Crippen molar-refractivity contribution in [2.24, 2.45) is 0 Å². The summed E-state index contributed by atoms with van der Waals surface area (Å²) in [5.41, 5.74) is 0.465. The summed E-state index contributed by atoms with van der Waals surface area (Å²) in [6.07, 6.45) is -4.65. The molecule has 1 unspecified atom stereocenters. The zero-order chi connectivity index (χ0) is 15.6. The van der Waals surface area contributed by atoms with E-state index in [1.165, 1.54) is 18.2 Å². The van der Waals surface area contributed by atoms with Gasteiger partial charge in [-0.2, -0.15) is 13.2 Å². The van der Waals surface area contributed by atoms with Crippen LogP contribution < -0.4 is 5.32 Å². The van der Waals surface area contributed by atoms with Crippen LogP contribution in [0.4, 0.5) is 18.3 Å². The van der Waals surface area contributed by atoms with E-state index < -0.39 is 17.2 Å². The molecular weight excluding hydrogens is 348 g/mol. The summed E-state index contributed by atoms with van der Waals surface area (Å²) >= 11 is 12.1. The number of alkyl halides is 3. The zero-order valence-electron chi connectivity index (χ0n) is 10.3. The minimum absolute atomic E-state index is 0.0124. The zero-order valence-corrected chi connectivity index (χ0v) is 12.6. The van der Waals surface area contributed by atoms with Gasteiger partial charge in [-0.15, -0.1) is 0 Å². The number of nitrogens with zero attached hydrogens (tertiary/aromatic N) is 1. The molecule has 3 nitrogen and oxygen atoms in total. The lowest BCUT2D eigenvalue weighted by atomic mass is 10.1. The number of hydrogen-bond acceptors (Lipinski definition) is 4. The largest absolute Gasteiger partial charge is 0.427 e. The highest BCUT2D eigenvalue weighted by molar-refractivity contribution is 7.15. The van der Waals surface area contributed by atoms with Gasteiger partial charge in [-0.05, 0) is 23.8 Å². The maximum atomic E-state index is 12.4. The molecular formula is C12H9Cl2F3N2OS. The molecule has 0 saturated heterocycles. The SMILES string of the molecule is OC(CNc1ncc(C(F)(F)F)s1)c1cc(Cl)cc(Cl)c1. The third kappa shape index (κ3) is 4.47. The highest BCUT2D eigenvalue weighted by Crippen LogP contribution is 2.35. The van der Waals surface area contributed by atoms with E-state index in [0.717, 1.165) is 6.20 Å². The lowest BCUT2D eigenvalue weighted by molar-refractivity contribution is -0.134. The van der Waals surface area contributed by atoms with Gasteiger partial charge in [0.25, 0.3) is 0 Å². The molecule has 0 aliphatic heterocycles. The molecule has 2 aromatic rings. The Morgan fingerprint density at radius 3 is 2.38 bits per heavy atom. The van der Waals surface area contributed by atoms with Crippen molar-refractivity contribution >= 4 is 39.7 Å². The topological polar surface area (TPSA) is 45.1 Å². The third-order valence-electron chi connectivity index (χ3n) is 2.50. The molecule has 0 spiro atoms. The Morgan fingerprint density at radius 2 is 1.86 bits per heavy atom. The summed E-state index contributed by atoms with van der Waals surface area (Å²) in [6, 6.07) is 4.58. The smallest absolute Gasteiger partial charge is 0.387 e. The molecule has 0 radical (unpaired) electrons. The van der Waals surface area contributed by atoms with E-state index in [0.29, 0.717) is 26.9 Å². The molecule has 0 saturated carbocycles. The predicted octanol–water partition coefficient (Wildman–Crippen LogP) is 4.61. The Kier molecular flexibility index (Phi) is 4.98. The average molecular weight is 357 g/mol. The molecule has 2 rings (SSSR count). The van der Waals surface area contributed by atoms with Crippen LogP contribution in [0.1, 0.15) is 16.5 Å². The Bertz CT molecular complexity index is 613. The average Bonchev–Trinajstić information content (AvgIpc) is 2.83. The highest BCUT2D eigenvalue weighted by Gasteiger charge is 2.33. The summed E-state index contributed by atoms with van der Waals surface area (Å²) in [5, 5.41) is 13.4. The minimum atomic E-state index is -4.42. The van der Waals surface area contributed by atoms with Crippen LogP contribution in [0.15, 0.2) is 24.4 Å². The molecule has 1 aromatic heterocycles. The van der Waals surface area contributed by atoms with E-state index in [-0.39, 0.29) is 11.7 Å². The number of rotatable bonds is 4. The number of nitrogens with one attached hydrogen (secondary N) is 1. The van der Waals surface area contributed by atoms with Crippen LogP contribution in [0.25, 0.3) is 0 Å². The molecule has 2 N–H and O–H groups in total. The minimum Gasteiger partial charge on any atom is -0.387 e. The van der Waals surface area contributed by atoms with Crippen LogP contribution in [0, 0.1) is 0 Å². The summed E-state index contributed by atoms with van der Waals surface area (Å²) < 4.78 is 37.3. The van der Waals surface area contributed by atoms with Crippen molar-refractivity contribution < 1.29 is 18.3 Å². The van der Waals surface area contributed by atoms with E-state index in [2.05, 4.69) is 10.3 Å². The molecule has 114 valence electrons. The lowest BCUT2D eigenvalue weighted by Crippen LogP contribution is -2.12. The number of aliphatic hydroxyl groups excluding tert-OH is 1. The maximum Gasteiger partial charge on any atom is 0.427 e. The van der Waals surface area contributed by atoms with Gasteiger partial charge in [0.05, 0.1) is 12.3 Å². The van der Waals surface area contributed by atoms with Crippen molar-refractivity contribution in [3.05, 3.63) is 44.9 Å². The molecule has 0 bridgehead atoms. The van der Waals surface area contributed by atoms with Crippen molar-refractivity contribution in [2.45, 2.75) is 12.3 Å². The van der Waals surface area contributed by atoms with Crippen LogP contribution in [0.2, 0.25) is 10.0 Å². The number of aromatic nitrogens is 1. The Hall–Kier alpha value is -1.02. The van der Waals surface area contributed by atoms with Gasteiger partial charge in [0.1, 0.15) is 4.88 Å². The second kappa shape index (κ2) is 6.39. The quantitative estimate of drug-likeness (QED) is 0.840. The van der Waals surface area contributed by atoms with Gasteiger partial charge >= 0.3 is 6.18 Å². The Labute approximate surface area is 132 Å². The fourth-order valence-corrected chi connectivity index (χ4v) is 2.79. The summed E-state index contributed by atoms with van der Waals surface area (Å²) in [6.45, 7) is -0.0124. The van der Waals surface area contributed by atoms with Gasteiger partial charge in [-0.3, -0.25) is 0 Å². The predicted molar refractivity (Wildman–Crippen MR) is 77.0 cm³/mol. The molecule has 1 heterocycles. The van der Waals surface area contributed by atoms with Gasteiger partial charge in [0.2, 0.25) is 0 Å². The van der Waals surface area contributed by atoms with Crippen molar-refractivity contribution in [1.82, 2.24) is 4.98 Å². The van der Waals surface area contributed by atoms with Crippen molar-refractivity contribution in [3.8, 4) is 0 Å². The molecule has 9 heteroatoms. The van der Waals surface area contributed by atoms with Crippen LogP contribution in [0.3, 0.4) is 0 Å².